The van der Waals surface area contributed by atoms with E-state index in [9.17, 15) is 23.1 Å². The predicted octanol–water partition coefficient (Wildman–Crippen LogP) is 3.94. The smallest absolute Gasteiger partial charge is 0.408 e. The summed E-state index contributed by atoms with van der Waals surface area (Å²) in [5.74, 6) is -0.00633. The summed E-state index contributed by atoms with van der Waals surface area (Å²) in [5.41, 5.74) is 1.13. The Morgan fingerprint density at radius 1 is 1.18 bits per heavy atom. The number of benzene rings is 1. The number of morpholine rings is 1. The number of amides is 1. The van der Waals surface area contributed by atoms with Crippen LogP contribution in [0.3, 0.4) is 0 Å². The number of aromatic nitrogens is 1. The normalized spacial score (nSPS) is 20.0. The molecule has 216 valence electrons. The molecule has 2 aliphatic rings. The number of oxazole rings is 1. The highest BCUT2D eigenvalue weighted by Gasteiger charge is 2.33. The number of aliphatic hydroxyl groups is 1. The molecule has 1 aromatic heterocycles. The number of ether oxygens (including phenoxy) is 1. The molecule has 4 rings (SSSR count). The molecule has 2 aromatic rings. The van der Waals surface area contributed by atoms with Gasteiger partial charge in [-0.2, -0.15) is 13.2 Å². The Morgan fingerprint density at radius 3 is 2.56 bits per heavy atom. The van der Waals surface area contributed by atoms with Crippen LogP contribution in [0.4, 0.5) is 13.2 Å². The second-order valence-corrected chi connectivity index (χ2v) is 10.3. The number of hydrogen-bond acceptors (Lipinski definition) is 6. The lowest BCUT2D eigenvalue weighted by Crippen LogP contribution is -2.56. The summed E-state index contributed by atoms with van der Waals surface area (Å²) in [6.07, 6.45) is 0.355. The molecular formula is C27H38F3N5O4. The second-order valence-electron chi connectivity index (χ2n) is 10.3. The van der Waals surface area contributed by atoms with Gasteiger partial charge in [-0.15, -0.1) is 0 Å². The number of aliphatic hydroxyl groups excluding tert-OH is 1. The maximum Gasteiger partial charge on any atom is 0.408 e. The number of halogens is 3. The fourth-order valence-corrected chi connectivity index (χ4v) is 5.20. The Bertz CT molecular complexity index is 1060. The van der Waals surface area contributed by atoms with Crippen molar-refractivity contribution in [3.05, 3.63) is 30.2 Å². The molecule has 9 nitrogen and oxygen atoms in total. The fraction of sp³-hybridized carbons (Fsp3) is 0.667. The highest BCUT2D eigenvalue weighted by molar-refractivity contribution is 5.89. The molecule has 3 atom stereocenters. The molecular weight excluding hydrogens is 515 g/mol. The molecule has 39 heavy (non-hydrogen) atoms. The van der Waals surface area contributed by atoms with Crippen molar-refractivity contribution in [1.82, 2.24) is 20.5 Å². The molecule has 0 spiro atoms. The third kappa shape index (κ3) is 8.31. The maximum absolute atomic E-state index is 13.7. The number of guanidine groups is 1. The number of hydrogen-bond donors (Lipinski definition) is 3. The Kier molecular flexibility index (Phi) is 10.1. The first kappa shape index (κ1) is 29.1. The lowest BCUT2D eigenvalue weighted by molar-refractivity contribution is -0.125. The highest BCUT2D eigenvalue weighted by Crippen LogP contribution is 2.28. The van der Waals surface area contributed by atoms with E-state index in [4.69, 9.17) is 9.15 Å². The third-order valence-electron chi connectivity index (χ3n) is 7.34. The first-order valence-corrected chi connectivity index (χ1v) is 13.8. The molecule has 1 saturated carbocycles. The Labute approximate surface area is 226 Å². The van der Waals surface area contributed by atoms with Crippen molar-refractivity contribution in [3.8, 4) is 0 Å². The second kappa shape index (κ2) is 13.5. The van der Waals surface area contributed by atoms with Crippen LogP contribution in [0.25, 0.3) is 11.1 Å². The molecule has 1 aromatic carbocycles. The molecule has 0 bridgehead atoms. The summed E-state index contributed by atoms with van der Waals surface area (Å²) < 4.78 is 50.4. The number of aliphatic imine (C=N–C) groups is 1. The van der Waals surface area contributed by atoms with E-state index in [0.717, 1.165) is 32.1 Å². The molecule has 1 aliphatic carbocycles. The van der Waals surface area contributed by atoms with Gasteiger partial charge in [0.2, 0.25) is 11.8 Å². The van der Waals surface area contributed by atoms with Crippen LogP contribution in [0.1, 0.15) is 63.9 Å². The third-order valence-corrected chi connectivity index (χ3v) is 7.34. The first-order valence-electron chi connectivity index (χ1n) is 13.8. The summed E-state index contributed by atoms with van der Waals surface area (Å²) in [7, 11) is 0. The van der Waals surface area contributed by atoms with Gasteiger partial charge >= 0.3 is 6.18 Å². The van der Waals surface area contributed by atoms with Crippen molar-refractivity contribution in [1.29, 1.82) is 0 Å². The molecule has 2 heterocycles. The van der Waals surface area contributed by atoms with Gasteiger partial charge in [-0.05, 0) is 30.9 Å². The van der Waals surface area contributed by atoms with Crippen molar-refractivity contribution in [3.63, 3.8) is 0 Å². The zero-order valence-corrected chi connectivity index (χ0v) is 22.3. The van der Waals surface area contributed by atoms with E-state index in [1.165, 1.54) is 0 Å². The molecule has 1 amide bonds. The van der Waals surface area contributed by atoms with Gasteiger partial charge in [0, 0.05) is 13.1 Å². The van der Waals surface area contributed by atoms with E-state index in [1.807, 2.05) is 13.0 Å². The van der Waals surface area contributed by atoms with E-state index >= 15 is 0 Å². The average molecular weight is 554 g/mol. The van der Waals surface area contributed by atoms with Crippen LogP contribution in [0.15, 0.2) is 33.7 Å². The summed E-state index contributed by atoms with van der Waals surface area (Å²) in [6, 6.07) is 5.60. The molecule has 0 radical (unpaired) electrons. The Hall–Kier alpha value is -2.86. The van der Waals surface area contributed by atoms with Gasteiger partial charge in [-0.3, -0.25) is 4.79 Å². The van der Waals surface area contributed by atoms with E-state index < -0.39 is 36.8 Å². The van der Waals surface area contributed by atoms with Crippen LogP contribution in [0.2, 0.25) is 0 Å². The lowest BCUT2D eigenvalue weighted by Gasteiger charge is -2.34. The van der Waals surface area contributed by atoms with Crippen LogP contribution >= 0.6 is 0 Å². The minimum Gasteiger partial charge on any atom is -0.438 e. The van der Waals surface area contributed by atoms with Gasteiger partial charge in [-0.25, -0.2) is 9.98 Å². The largest absolute Gasteiger partial charge is 0.438 e. The quantitative estimate of drug-likeness (QED) is 0.319. The van der Waals surface area contributed by atoms with Crippen molar-refractivity contribution >= 4 is 23.0 Å². The highest BCUT2D eigenvalue weighted by atomic mass is 19.4. The fourth-order valence-electron chi connectivity index (χ4n) is 5.20. The Morgan fingerprint density at radius 2 is 1.90 bits per heavy atom. The van der Waals surface area contributed by atoms with Crippen molar-refractivity contribution in [2.75, 3.05) is 32.8 Å². The number of carbonyl (C=O) groups is 1. The van der Waals surface area contributed by atoms with Gasteiger partial charge < -0.3 is 29.8 Å². The van der Waals surface area contributed by atoms with Crippen molar-refractivity contribution in [2.24, 2.45) is 10.9 Å². The summed E-state index contributed by atoms with van der Waals surface area (Å²) in [4.78, 5) is 23.5. The molecule has 3 N–H and O–H groups in total. The maximum atomic E-state index is 13.7. The molecule has 1 aliphatic heterocycles. The van der Waals surface area contributed by atoms with Crippen LogP contribution in [-0.4, -0.2) is 78.0 Å². The zero-order valence-electron chi connectivity index (χ0n) is 22.3. The minimum atomic E-state index is -4.47. The van der Waals surface area contributed by atoms with Crippen molar-refractivity contribution < 1.29 is 32.2 Å². The number of nitrogens with zero attached hydrogens (tertiary/aromatic N) is 3. The van der Waals surface area contributed by atoms with E-state index in [2.05, 4.69) is 20.6 Å². The predicted molar refractivity (Wildman–Crippen MR) is 140 cm³/mol. The van der Waals surface area contributed by atoms with Crippen LogP contribution < -0.4 is 10.6 Å². The van der Waals surface area contributed by atoms with Crippen LogP contribution in [-0.2, 0) is 9.53 Å². The minimum absolute atomic E-state index is 0.0409. The number of fused-ring (bicyclic) bond motifs is 1. The lowest BCUT2D eigenvalue weighted by atomic mass is 9.84. The molecule has 1 saturated heterocycles. The number of carbonyl (C=O) groups excluding carboxylic acids is 1. The summed E-state index contributed by atoms with van der Waals surface area (Å²) in [6.45, 7) is 1.94. The number of nitrogens with one attached hydrogen (secondary N) is 2. The van der Waals surface area contributed by atoms with Crippen LogP contribution in [0.5, 0.6) is 0 Å². The number of alkyl halides is 3. The Balaban J connectivity index is 1.53. The van der Waals surface area contributed by atoms with E-state index in [1.54, 1.807) is 23.1 Å². The van der Waals surface area contributed by atoms with E-state index in [0.29, 0.717) is 50.2 Å². The van der Waals surface area contributed by atoms with Gasteiger partial charge in [0.25, 0.3) is 0 Å². The monoisotopic (exact) mass is 553 g/mol. The molecule has 12 heteroatoms. The van der Waals surface area contributed by atoms with Gasteiger partial charge in [0.05, 0.1) is 19.3 Å². The summed E-state index contributed by atoms with van der Waals surface area (Å²) >= 11 is 0. The van der Waals surface area contributed by atoms with E-state index in [-0.39, 0.29) is 17.8 Å². The molecule has 2 fully saturated rings. The standard InChI is InChI=1S/C27H38F3N5O4/c1-2-19(23(36)25-33-20-10-6-7-11-22(20)39-25)32-24(37)21(16-18-8-4-3-5-9-18)34-26(31-17-27(28,29)30)35-12-14-38-15-13-35/h6-7,10-11,18-19,21,23,36H,2-5,8-9,12-17H2,1H3,(H,31,34)(H,32,37). The topological polar surface area (TPSA) is 112 Å². The average Bonchev–Trinajstić information content (AvgIpc) is 3.38. The number of rotatable bonds is 9. The summed E-state index contributed by atoms with van der Waals surface area (Å²) in [5, 5.41) is 17.0. The zero-order chi connectivity index (χ0) is 27.8. The van der Waals surface area contributed by atoms with Crippen LogP contribution in [0, 0.1) is 5.92 Å². The molecule has 3 unspecified atom stereocenters. The van der Waals surface area contributed by atoms with Gasteiger partial charge in [0.15, 0.2) is 17.6 Å². The van der Waals surface area contributed by atoms with Gasteiger partial charge in [-0.1, -0.05) is 51.2 Å². The van der Waals surface area contributed by atoms with Crippen molar-refractivity contribution in [2.45, 2.75) is 76.2 Å². The number of para-hydroxylation sites is 2. The first-order chi connectivity index (χ1) is 18.7. The van der Waals surface area contributed by atoms with Gasteiger partial charge in [0.1, 0.15) is 18.1 Å². The SMILES string of the molecule is CCC(NC(=O)C(CC1CCCCC1)NC(=NCC(F)(F)F)N1CCOCC1)C(O)c1nc2ccccc2o1.